The lowest BCUT2D eigenvalue weighted by molar-refractivity contribution is -0.144. The standard InChI is InChI=1S/C10H18O3S2/c11-6-7-13-10(12)4-2-1-3-9-5-8-14-15-9/h9,11H,1-8H2/t9-/m1/s1. The Kier molecular flexibility index (Phi) is 7.30. The van der Waals surface area contributed by atoms with E-state index >= 15 is 0 Å². The molecule has 1 heterocycles. The predicted molar refractivity (Wildman–Crippen MR) is 65.0 cm³/mol. The highest BCUT2D eigenvalue weighted by Crippen LogP contribution is 2.39. The van der Waals surface area contributed by atoms with Gasteiger partial charge < -0.3 is 9.84 Å². The minimum atomic E-state index is -0.183. The van der Waals surface area contributed by atoms with E-state index in [9.17, 15) is 4.79 Å². The fraction of sp³-hybridized carbons (Fsp3) is 0.900. The molecule has 1 atom stereocenters. The second-order valence-electron chi connectivity index (χ2n) is 3.52. The first-order valence-electron chi connectivity index (χ1n) is 5.37. The van der Waals surface area contributed by atoms with Gasteiger partial charge in [-0.3, -0.25) is 4.79 Å². The zero-order chi connectivity index (χ0) is 10.9. The Morgan fingerprint density at radius 2 is 2.33 bits per heavy atom. The second-order valence-corrected chi connectivity index (χ2v) is 6.31. The Balaban J connectivity index is 1.89. The van der Waals surface area contributed by atoms with Gasteiger partial charge in [0.2, 0.25) is 0 Å². The Labute approximate surface area is 98.7 Å². The molecule has 0 aromatic rings. The van der Waals surface area contributed by atoms with Crippen molar-refractivity contribution in [2.75, 3.05) is 19.0 Å². The highest BCUT2D eigenvalue weighted by atomic mass is 33.1. The molecule has 0 saturated carbocycles. The van der Waals surface area contributed by atoms with E-state index in [-0.39, 0.29) is 19.2 Å². The van der Waals surface area contributed by atoms with Gasteiger partial charge in [-0.15, -0.1) is 0 Å². The minimum Gasteiger partial charge on any atom is -0.463 e. The van der Waals surface area contributed by atoms with E-state index in [1.54, 1.807) is 0 Å². The molecular weight excluding hydrogens is 232 g/mol. The average molecular weight is 250 g/mol. The predicted octanol–water partition coefficient (Wildman–Crippen LogP) is 2.24. The minimum absolute atomic E-state index is 0.0817. The molecular formula is C10H18O3S2. The fourth-order valence-electron chi connectivity index (χ4n) is 1.44. The molecule has 88 valence electrons. The van der Waals surface area contributed by atoms with Crippen LogP contribution in [0.5, 0.6) is 0 Å². The molecule has 15 heavy (non-hydrogen) atoms. The van der Waals surface area contributed by atoms with E-state index in [0.717, 1.165) is 18.1 Å². The largest absolute Gasteiger partial charge is 0.463 e. The number of hydrogen-bond acceptors (Lipinski definition) is 5. The molecule has 0 spiro atoms. The number of hydrogen-bond donors (Lipinski definition) is 1. The Bertz CT molecular complexity index is 182. The molecule has 0 aliphatic carbocycles. The molecule has 5 heteroatoms. The van der Waals surface area contributed by atoms with Gasteiger partial charge in [-0.1, -0.05) is 28.0 Å². The quantitative estimate of drug-likeness (QED) is 0.426. The first-order valence-corrected chi connectivity index (χ1v) is 7.76. The van der Waals surface area contributed by atoms with Crippen LogP contribution in [0.4, 0.5) is 0 Å². The number of esters is 1. The lowest BCUT2D eigenvalue weighted by atomic mass is 10.1. The van der Waals surface area contributed by atoms with E-state index in [0.29, 0.717) is 6.42 Å². The molecule has 1 fully saturated rings. The monoisotopic (exact) mass is 250 g/mol. The van der Waals surface area contributed by atoms with Gasteiger partial charge in [-0.05, 0) is 19.3 Å². The SMILES string of the molecule is O=C(CCCC[C@@H]1CCSS1)OCCO. The summed E-state index contributed by atoms with van der Waals surface area (Å²) in [4.78, 5) is 11.1. The third kappa shape index (κ3) is 6.33. The third-order valence-corrected chi connectivity index (χ3v) is 5.25. The molecule has 0 aromatic carbocycles. The van der Waals surface area contributed by atoms with Crippen LogP contribution in [-0.4, -0.2) is 35.3 Å². The maximum absolute atomic E-state index is 11.1. The summed E-state index contributed by atoms with van der Waals surface area (Å²) >= 11 is 0. The van der Waals surface area contributed by atoms with Crippen molar-refractivity contribution < 1.29 is 14.6 Å². The molecule has 0 amide bonds. The van der Waals surface area contributed by atoms with Crippen molar-refractivity contribution >= 4 is 27.6 Å². The first kappa shape index (κ1) is 13.2. The van der Waals surface area contributed by atoms with Gasteiger partial charge >= 0.3 is 5.97 Å². The van der Waals surface area contributed by atoms with Gasteiger partial charge in [0.1, 0.15) is 6.61 Å². The van der Waals surface area contributed by atoms with Crippen LogP contribution in [0.3, 0.4) is 0 Å². The molecule has 0 bridgehead atoms. The number of carbonyl (C=O) groups is 1. The van der Waals surface area contributed by atoms with Crippen LogP contribution < -0.4 is 0 Å². The Morgan fingerprint density at radius 1 is 1.47 bits per heavy atom. The maximum Gasteiger partial charge on any atom is 0.305 e. The summed E-state index contributed by atoms with van der Waals surface area (Å²) in [6.45, 7) is 0.0512. The van der Waals surface area contributed by atoms with Crippen LogP contribution in [0, 0.1) is 0 Å². The fourth-order valence-corrected chi connectivity index (χ4v) is 4.47. The van der Waals surface area contributed by atoms with E-state index < -0.39 is 0 Å². The summed E-state index contributed by atoms with van der Waals surface area (Å²) in [6.07, 6.45) is 5.03. The Morgan fingerprint density at radius 3 is 3.00 bits per heavy atom. The second kappa shape index (κ2) is 8.30. The van der Waals surface area contributed by atoms with Crippen LogP contribution >= 0.6 is 21.6 Å². The van der Waals surface area contributed by atoms with Gasteiger partial charge in [-0.2, -0.15) is 0 Å². The lowest BCUT2D eigenvalue weighted by Gasteiger charge is -2.06. The normalized spacial score (nSPS) is 20.5. The average Bonchev–Trinajstić information content (AvgIpc) is 2.74. The van der Waals surface area contributed by atoms with Crippen LogP contribution in [0.15, 0.2) is 0 Å². The van der Waals surface area contributed by atoms with Crippen molar-refractivity contribution in [3.05, 3.63) is 0 Å². The summed E-state index contributed by atoms with van der Waals surface area (Å²) in [5.74, 6) is 1.09. The number of rotatable bonds is 7. The van der Waals surface area contributed by atoms with Gasteiger partial charge in [0.15, 0.2) is 0 Å². The Hall–Kier alpha value is 0.130. The molecule has 1 aliphatic rings. The van der Waals surface area contributed by atoms with Crippen LogP contribution in [-0.2, 0) is 9.53 Å². The smallest absolute Gasteiger partial charge is 0.305 e. The molecule has 1 rings (SSSR count). The molecule has 1 saturated heterocycles. The summed E-state index contributed by atoms with van der Waals surface area (Å²) in [5.41, 5.74) is 0. The van der Waals surface area contributed by atoms with Crippen molar-refractivity contribution in [1.29, 1.82) is 0 Å². The number of aliphatic hydroxyl groups is 1. The molecule has 0 unspecified atom stereocenters. The van der Waals surface area contributed by atoms with E-state index in [2.05, 4.69) is 0 Å². The van der Waals surface area contributed by atoms with Crippen LogP contribution in [0.25, 0.3) is 0 Å². The topological polar surface area (TPSA) is 46.5 Å². The van der Waals surface area contributed by atoms with E-state index in [1.165, 1.54) is 18.6 Å². The number of aliphatic hydroxyl groups excluding tert-OH is 1. The number of unbranched alkanes of at least 4 members (excludes halogenated alkanes) is 1. The summed E-state index contributed by atoms with van der Waals surface area (Å²) in [7, 11) is 3.94. The van der Waals surface area contributed by atoms with Gasteiger partial charge in [0.05, 0.1) is 6.61 Å². The van der Waals surface area contributed by atoms with Crippen LogP contribution in [0.2, 0.25) is 0 Å². The highest BCUT2D eigenvalue weighted by molar-refractivity contribution is 8.77. The van der Waals surface area contributed by atoms with Crippen molar-refractivity contribution in [2.45, 2.75) is 37.4 Å². The lowest BCUT2D eigenvalue weighted by Crippen LogP contribution is -2.08. The maximum atomic E-state index is 11.1. The molecule has 0 aromatic heterocycles. The van der Waals surface area contributed by atoms with Crippen molar-refractivity contribution in [3.8, 4) is 0 Å². The summed E-state index contributed by atoms with van der Waals surface area (Å²) < 4.78 is 4.76. The van der Waals surface area contributed by atoms with Crippen molar-refractivity contribution in [1.82, 2.24) is 0 Å². The number of ether oxygens (including phenoxy) is 1. The van der Waals surface area contributed by atoms with Crippen LogP contribution in [0.1, 0.15) is 32.1 Å². The number of carbonyl (C=O) groups excluding carboxylic acids is 1. The molecule has 0 radical (unpaired) electrons. The summed E-state index contributed by atoms with van der Waals surface area (Å²) in [5, 5.41) is 9.24. The van der Waals surface area contributed by atoms with Crippen molar-refractivity contribution in [3.63, 3.8) is 0 Å². The zero-order valence-corrected chi connectivity index (χ0v) is 10.4. The van der Waals surface area contributed by atoms with Crippen molar-refractivity contribution in [2.24, 2.45) is 0 Å². The van der Waals surface area contributed by atoms with Gasteiger partial charge in [0.25, 0.3) is 0 Å². The molecule has 1 aliphatic heterocycles. The third-order valence-electron chi connectivity index (χ3n) is 2.24. The summed E-state index contributed by atoms with van der Waals surface area (Å²) in [6, 6.07) is 0. The molecule has 1 N–H and O–H groups in total. The van der Waals surface area contributed by atoms with E-state index in [4.69, 9.17) is 9.84 Å². The molecule has 3 nitrogen and oxygen atoms in total. The van der Waals surface area contributed by atoms with E-state index in [1.807, 2.05) is 21.6 Å². The van der Waals surface area contributed by atoms with Gasteiger partial charge in [-0.25, -0.2) is 0 Å². The van der Waals surface area contributed by atoms with Gasteiger partial charge in [0, 0.05) is 17.4 Å². The highest BCUT2D eigenvalue weighted by Gasteiger charge is 2.15. The zero-order valence-electron chi connectivity index (χ0n) is 8.81. The first-order chi connectivity index (χ1) is 7.33.